The van der Waals surface area contributed by atoms with Crippen LogP contribution in [0.2, 0.25) is 0 Å². The van der Waals surface area contributed by atoms with E-state index in [0.717, 1.165) is 22.6 Å². The van der Waals surface area contributed by atoms with Gasteiger partial charge in [-0.05, 0) is 39.7 Å². The molecule has 1 amide bonds. The first-order valence-electron chi connectivity index (χ1n) is 8.50. The lowest BCUT2D eigenvalue weighted by molar-refractivity contribution is -0.143. The normalized spacial score (nSPS) is 12.3. The molecule has 0 bridgehead atoms. The van der Waals surface area contributed by atoms with E-state index in [9.17, 15) is 14.7 Å². The zero-order valence-corrected chi connectivity index (χ0v) is 16.0. The largest absolute Gasteiger partial charge is 0.480 e. The molecule has 2 heterocycles. The first-order chi connectivity index (χ1) is 12.1. The van der Waals surface area contributed by atoms with Gasteiger partial charge in [-0.3, -0.25) is 4.79 Å². The van der Waals surface area contributed by atoms with Crippen molar-refractivity contribution in [2.24, 2.45) is 5.92 Å². The number of carbonyl (C=O) groups is 2. The molecule has 8 heteroatoms. The molecule has 2 aromatic heterocycles. The number of amides is 1. The van der Waals surface area contributed by atoms with Crippen LogP contribution in [0.4, 0.5) is 0 Å². The van der Waals surface area contributed by atoms with Crippen LogP contribution in [-0.4, -0.2) is 42.8 Å². The van der Waals surface area contributed by atoms with Crippen LogP contribution < -0.4 is 5.32 Å². The molecule has 0 aromatic carbocycles. The van der Waals surface area contributed by atoms with Crippen molar-refractivity contribution in [3.8, 4) is 5.95 Å². The summed E-state index contributed by atoms with van der Waals surface area (Å²) in [5.74, 6) is -1.13. The highest BCUT2D eigenvalue weighted by molar-refractivity contribution is 5.85. The molecule has 26 heavy (non-hydrogen) atoms. The molecule has 0 saturated heterocycles. The van der Waals surface area contributed by atoms with Crippen molar-refractivity contribution >= 4 is 11.9 Å². The van der Waals surface area contributed by atoms with Crippen LogP contribution in [0.15, 0.2) is 6.07 Å². The van der Waals surface area contributed by atoms with Gasteiger partial charge in [0.15, 0.2) is 0 Å². The minimum absolute atomic E-state index is 0.0545. The third-order valence-electron chi connectivity index (χ3n) is 4.19. The van der Waals surface area contributed by atoms with E-state index in [0.29, 0.717) is 11.6 Å². The smallest absolute Gasteiger partial charge is 0.326 e. The molecule has 0 spiro atoms. The van der Waals surface area contributed by atoms with Crippen LogP contribution in [-0.2, 0) is 16.0 Å². The summed E-state index contributed by atoms with van der Waals surface area (Å²) in [6, 6.07) is 0.961. The average Bonchev–Trinajstić information content (AvgIpc) is 2.79. The molecule has 2 rings (SSSR count). The van der Waals surface area contributed by atoms with Gasteiger partial charge in [-0.2, -0.15) is 5.10 Å². The third-order valence-corrected chi connectivity index (χ3v) is 4.19. The number of carboxylic acids is 1. The van der Waals surface area contributed by atoms with E-state index < -0.39 is 12.0 Å². The van der Waals surface area contributed by atoms with Crippen molar-refractivity contribution < 1.29 is 14.7 Å². The summed E-state index contributed by atoms with van der Waals surface area (Å²) < 4.78 is 1.62. The van der Waals surface area contributed by atoms with E-state index in [1.54, 1.807) is 18.5 Å². The summed E-state index contributed by atoms with van der Waals surface area (Å²) in [6.07, 6.45) is 0.0545. The molecule has 0 aliphatic carbocycles. The molecule has 140 valence electrons. The van der Waals surface area contributed by atoms with E-state index in [4.69, 9.17) is 0 Å². The highest BCUT2D eigenvalue weighted by Gasteiger charge is 2.25. The van der Waals surface area contributed by atoms with E-state index >= 15 is 0 Å². The Morgan fingerprint density at radius 3 is 2.23 bits per heavy atom. The number of carboxylic acid groups (broad SMARTS) is 1. The predicted molar refractivity (Wildman–Crippen MR) is 96.2 cm³/mol. The van der Waals surface area contributed by atoms with Crippen molar-refractivity contribution in [3.63, 3.8) is 0 Å². The Balaban J connectivity index is 2.27. The fraction of sp³-hybridized carbons (Fsp3) is 0.500. The van der Waals surface area contributed by atoms with Crippen molar-refractivity contribution in [2.75, 3.05) is 0 Å². The maximum atomic E-state index is 12.3. The quantitative estimate of drug-likeness (QED) is 0.812. The van der Waals surface area contributed by atoms with Gasteiger partial charge in [-0.25, -0.2) is 19.4 Å². The summed E-state index contributed by atoms with van der Waals surface area (Å²) in [4.78, 5) is 32.4. The van der Waals surface area contributed by atoms with Crippen molar-refractivity contribution in [2.45, 2.75) is 54.0 Å². The number of aliphatic carboxylic acids is 1. The van der Waals surface area contributed by atoms with Crippen LogP contribution in [0.5, 0.6) is 0 Å². The highest BCUT2D eigenvalue weighted by atomic mass is 16.4. The van der Waals surface area contributed by atoms with Gasteiger partial charge in [0.25, 0.3) is 5.95 Å². The molecule has 1 unspecified atom stereocenters. The predicted octanol–water partition coefficient (Wildman–Crippen LogP) is 1.66. The Labute approximate surface area is 152 Å². The lowest BCUT2D eigenvalue weighted by Gasteiger charge is -2.17. The van der Waals surface area contributed by atoms with Crippen LogP contribution in [0.3, 0.4) is 0 Å². The second-order valence-corrected chi connectivity index (χ2v) is 6.82. The summed E-state index contributed by atoms with van der Waals surface area (Å²) in [6.45, 7) is 10.9. The molecule has 0 fully saturated rings. The Morgan fingerprint density at radius 1 is 1.15 bits per heavy atom. The number of aromatic nitrogens is 4. The number of hydrogen-bond acceptors (Lipinski definition) is 5. The molecular weight excluding hydrogens is 334 g/mol. The van der Waals surface area contributed by atoms with Gasteiger partial charge in [-0.1, -0.05) is 13.8 Å². The van der Waals surface area contributed by atoms with E-state index in [2.05, 4.69) is 20.4 Å². The monoisotopic (exact) mass is 359 g/mol. The fourth-order valence-electron chi connectivity index (χ4n) is 2.83. The molecule has 2 aromatic rings. The number of nitrogens with zero attached hydrogens (tertiary/aromatic N) is 4. The number of hydrogen-bond donors (Lipinski definition) is 2. The topological polar surface area (TPSA) is 110 Å². The van der Waals surface area contributed by atoms with E-state index in [1.165, 1.54) is 0 Å². The Bertz CT molecular complexity index is 821. The molecule has 1 atom stereocenters. The van der Waals surface area contributed by atoms with Gasteiger partial charge in [0.2, 0.25) is 5.91 Å². The number of carbonyl (C=O) groups excluding carboxylic acids is 1. The van der Waals surface area contributed by atoms with Crippen LogP contribution in [0.25, 0.3) is 5.95 Å². The van der Waals surface area contributed by atoms with Crippen molar-refractivity contribution in [1.82, 2.24) is 25.1 Å². The first-order valence-corrected chi connectivity index (χ1v) is 8.50. The Morgan fingerprint density at radius 2 is 1.73 bits per heavy atom. The standard InChI is InChI=1S/C18H25N5O3/c1-9(2)16(17(25)26)21-15(24)8-14-12(5)22-23(13(14)6)18-19-10(3)7-11(4)20-18/h7,9,16H,8H2,1-6H3,(H,21,24)(H,25,26). The van der Waals surface area contributed by atoms with E-state index in [-0.39, 0.29) is 18.2 Å². The van der Waals surface area contributed by atoms with Gasteiger partial charge in [-0.15, -0.1) is 0 Å². The number of aryl methyl sites for hydroxylation is 3. The average molecular weight is 359 g/mol. The zero-order valence-electron chi connectivity index (χ0n) is 16.0. The summed E-state index contributed by atoms with van der Waals surface area (Å²) in [7, 11) is 0. The summed E-state index contributed by atoms with van der Waals surface area (Å²) in [5.41, 5.74) is 3.87. The Kier molecular flexibility index (Phi) is 5.74. The number of rotatable bonds is 6. The van der Waals surface area contributed by atoms with Crippen LogP contribution >= 0.6 is 0 Å². The van der Waals surface area contributed by atoms with Crippen molar-refractivity contribution in [3.05, 3.63) is 34.4 Å². The maximum absolute atomic E-state index is 12.3. The lowest BCUT2D eigenvalue weighted by atomic mass is 10.0. The molecular formula is C18H25N5O3. The van der Waals surface area contributed by atoms with Crippen LogP contribution in [0.1, 0.15) is 42.2 Å². The molecule has 0 aliphatic heterocycles. The first kappa shape index (κ1) is 19.6. The number of nitrogens with one attached hydrogen (secondary N) is 1. The van der Waals surface area contributed by atoms with Gasteiger partial charge in [0.05, 0.1) is 12.1 Å². The summed E-state index contributed by atoms with van der Waals surface area (Å²) >= 11 is 0. The van der Waals surface area contributed by atoms with Crippen LogP contribution in [0, 0.1) is 33.6 Å². The maximum Gasteiger partial charge on any atom is 0.326 e. The van der Waals surface area contributed by atoms with Gasteiger partial charge < -0.3 is 10.4 Å². The van der Waals surface area contributed by atoms with Gasteiger partial charge in [0, 0.05) is 22.6 Å². The second kappa shape index (κ2) is 7.63. The highest BCUT2D eigenvalue weighted by Crippen LogP contribution is 2.17. The lowest BCUT2D eigenvalue weighted by Crippen LogP contribution is -2.45. The minimum atomic E-state index is -1.04. The molecule has 0 aliphatic rings. The van der Waals surface area contributed by atoms with Gasteiger partial charge >= 0.3 is 5.97 Å². The SMILES string of the molecule is Cc1cc(C)nc(-n2nc(C)c(CC(=O)NC(C(=O)O)C(C)C)c2C)n1. The zero-order chi connectivity index (χ0) is 19.6. The molecule has 8 nitrogen and oxygen atoms in total. The second-order valence-electron chi connectivity index (χ2n) is 6.82. The summed E-state index contributed by atoms with van der Waals surface area (Å²) in [5, 5.41) is 16.3. The third kappa shape index (κ3) is 4.25. The molecule has 2 N–H and O–H groups in total. The molecule has 0 saturated carbocycles. The Hall–Kier alpha value is -2.77. The van der Waals surface area contributed by atoms with Gasteiger partial charge in [0.1, 0.15) is 6.04 Å². The van der Waals surface area contributed by atoms with E-state index in [1.807, 2.05) is 33.8 Å². The molecule has 0 radical (unpaired) electrons. The van der Waals surface area contributed by atoms with Crippen molar-refractivity contribution in [1.29, 1.82) is 0 Å². The fourth-order valence-corrected chi connectivity index (χ4v) is 2.83. The minimum Gasteiger partial charge on any atom is -0.480 e.